The number of aryl methyl sites for hydroxylation is 1. The molecule has 7 heteroatoms. The van der Waals surface area contributed by atoms with Gasteiger partial charge in [0, 0.05) is 30.4 Å². The van der Waals surface area contributed by atoms with E-state index in [1.807, 2.05) is 80.2 Å². The van der Waals surface area contributed by atoms with Gasteiger partial charge in [-0.25, -0.2) is 4.68 Å². The van der Waals surface area contributed by atoms with Crippen molar-refractivity contribution >= 4 is 28.9 Å². The number of nitrogens with zero attached hydrogens (tertiary/aromatic N) is 4. The molecule has 2 aromatic carbocycles. The van der Waals surface area contributed by atoms with Gasteiger partial charge < -0.3 is 9.64 Å². The van der Waals surface area contributed by atoms with Gasteiger partial charge in [-0.05, 0) is 87.3 Å². The molecule has 0 bridgehead atoms. The van der Waals surface area contributed by atoms with E-state index in [4.69, 9.17) is 9.84 Å². The molecule has 0 saturated carbocycles. The van der Waals surface area contributed by atoms with E-state index >= 15 is 0 Å². The molecule has 2 aliphatic heterocycles. The average Bonchev–Trinajstić information content (AvgIpc) is 3.33. The summed E-state index contributed by atoms with van der Waals surface area (Å²) in [5.41, 5.74) is 4.70. The molecule has 0 N–H and O–H groups in total. The van der Waals surface area contributed by atoms with Gasteiger partial charge in [-0.3, -0.25) is 4.79 Å². The lowest BCUT2D eigenvalue weighted by Gasteiger charge is -2.20. The van der Waals surface area contributed by atoms with Crippen LogP contribution in [0.4, 0.5) is 0 Å². The molecule has 0 atom stereocenters. The maximum absolute atomic E-state index is 12.9. The fourth-order valence-corrected chi connectivity index (χ4v) is 5.51. The Bertz CT molecular complexity index is 1300. The maximum atomic E-state index is 12.9. The summed E-state index contributed by atoms with van der Waals surface area (Å²) < 4.78 is 7.81. The zero-order valence-electron chi connectivity index (χ0n) is 21.1. The van der Waals surface area contributed by atoms with Crippen LogP contribution in [0.2, 0.25) is 0 Å². The minimum absolute atomic E-state index is 0.107. The number of para-hydroxylation sites is 1. The van der Waals surface area contributed by atoms with Gasteiger partial charge in [0.2, 0.25) is 0 Å². The Morgan fingerprint density at radius 1 is 1.03 bits per heavy atom. The first-order valence-electron chi connectivity index (χ1n) is 12.7. The van der Waals surface area contributed by atoms with E-state index < -0.39 is 0 Å². The minimum atomic E-state index is -0.172. The molecule has 0 unspecified atom stereocenters. The lowest BCUT2D eigenvalue weighted by atomic mass is 10.0. The number of rotatable bonds is 5. The number of amidine groups is 1. The number of aromatic nitrogens is 2. The van der Waals surface area contributed by atoms with Crippen LogP contribution in [0.5, 0.6) is 5.75 Å². The lowest BCUT2D eigenvalue weighted by Crippen LogP contribution is -2.28. The van der Waals surface area contributed by atoms with Crippen LogP contribution in [-0.4, -0.2) is 44.9 Å². The highest BCUT2D eigenvalue weighted by Gasteiger charge is 2.27. The molecule has 6 nitrogen and oxygen atoms in total. The Hall–Kier alpha value is -3.32. The zero-order valence-corrected chi connectivity index (χ0v) is 21.9. The van der Waals surface area contributed by atoms with Gasteiger partial charge in [0.25, 0.3) is 5.91 Å². The molecule has 3 heterocycles. The number of aliphatic imine (C=N–C) groups is 1. The second-order valence-corrected chi connectivity index (χ2v) is 10.6. The molecule has 1 fully saturated rings. The third kappa shape index (κ3) is 5.41. The van der Waals surface area contributed by atoms with Crippen molar-refractivity contribution in [1.82, 2.24) is 14.7 Å². The van der Waals surface area contributed by atoms with Crippen LogP contribution in [0.1, 0.15) is 50.7 Å². The van der Waals surface area contributed by atoms with Crippen molar-refractivity contribution < 1.29 is 9.53 Å². The molecule has 0 spiro atoms. The lowest BCUT2D eigenvalue weighted by molar-refractivity contribution is -0.113. The number of likely N-dealkylation sites (tertiary alicyclic amines) is 1. The van der Waals surface area contributed by atoms with Crippen molar-refractivity contribution in [2.45, 2.75) is 52.6 Å². The van der Waals surface area contributed by atoms with Crippen molar-refractivity contribution in [1.29, 1.82) is 0 Å². The second kappa shape index (κ2) is 10.7. The quantitative estimate of drug-likeness (QED) is 0.375. The van der Waals surface area contributed by atoms with Crippen LogP contribution in [0.15, 0.2) is 64.6 Å². The number of hydrogen-bond acceptors (Lipinski definition) is 5. The molecule has 0 radical (unpaired) electrons. The van der Waals surface area contributed by atoms with Crippen molar-refractivity contribution in [2.24, 2.45) is 4.99 Å². The Kier molecular flexibility index (Phi) is 7.28. The van der Waals surface area contributed by atoms with Crippen molar-refractivity contribution in [3.63, 3.8) is 0 Å². The predicted molar refractivity (Wildman–Crippen MR) is 148 cm³/mol. The van der Waals surface area contributed by atoms with Gasteiger partial charge in [0.05, 0.1) is 16.7 Å². The number of carbonyl (C=O) groups is 1. The highest BCUT2D eigenvalue weighted by atomic mass is 32.2. The average molecular weight is 501 g/mol. The Morgan fingerprint density at radius 3 is 2.47 bits per heavy atom. The number of benzene rings is 2. The first-order valence-corrected chi connectivity index (χ1v) is 13.5. The summed E-state index contributed by atoms with van der Waals surface area (Å²) in [7, 11) is 0. The molecular formula is C29H32N4O2S. The van der Waals surface area contributed by atoms with Gasteiger partial charge in [-0.2, -0.15) is 10.1 Å². The molecule has 5 rings (SSSR count). The van der Waals surface area contributed by atoms with Gasteiger partial charge >= 0.3 is 0 Å². The van der Waals surface area contributed by atoms with Crippen LogP contribution < -0.4 is 4.74 Å². The summed E-state index contributed by atoms with van der Waals surface area (Å²) >= 11 is 1.48. The number of ether oxygens (including phenoxy) is 1. The van der Waals surface area contributed by atoms with E-state index in [0.717, 1.165) is 64.9 Å². The predicted octanol–water partition coefficient (Wildman–Crippen LogP) is 6.48. The monoisotopic (exact) mass is 500 g/mol. The second-order valence-electron chi connectivity index (χ2n) is 9.57. The van der Waals surface area contributed by atoms with Gasteiger partial charge in [0.1, 0.15) is 11.4 Å². The Balaban J connectivity index is 1.50. The molecular weight excluding hydrogens is 468 g/mol. The van der Waals surface area contributed by atoms with Crippen molar-refractivity contribution in [3.05, 3.63) is 70.8 Å². The summed E-state index contributed by atoms with van der Waals surface area (Å²) in [4.78, 5) is 20.2. The normalized spacial score (nSPS) is 17.6. The Morgan fingerprint density at radius 2 is 1.78 bits per heavy atom. The third-order valence-electron chi connectivity index (χ3n) is 6.35. The largest absolute Gasteiger partial charge is 0.491 e. The van der Waals surface area contributed by atoms with E-state index in [2.05, 4.69) is 16.0 Å². The van der Waals surface area contributed by atoms with Crippen molar-refractivity contribution in [2.75, 3.05) is 13.1 Å². The third-order valence-corrected chi connectivity index (χ3v) is 7.39. The van der Waals surface area contributed by atoms with Crippen LogP contribution in [-0.2, 0) is 4.79 Å². The molecule has 1 amide bonds. The van der Waals surface area contributed by atoms with E-state index in [-0.39, 0.29) is 12.0 Å². The molecule has 36 heavy (non-hydrogen) atoms. The first-order chi connectivity index (χ1) is 17.5. The number of carbonyl (C=O) groups excluding carboxylic acids is 1. The highest BCUT2D eigenvalue weighted by Crippen LogP contribution is 2.35. The molecule has 2 aliphatic rings. The minimum Gasteiger partial charge on any atom is -0.491 e. The summed E-state index contributed by atoms with van der Waals surface area (Å²) in [5, 5.41) is 5.76. The number of thioether (sulfide) groups is 1. The maximum Gasteiger partial charge on any atom is 0.286 e. The topological polar surface area (TPSA) is 59.7 Å². The molecule has 0 aliphatic carbocycles. The summed E-state index contributed by atoms with van der Waals surface area (Å²) in [6.45, 7) is 8.03. The SMILES string of the molecule is Cc1cc(-c2nn(-c3ccccc3)cc2C=C2SC(N3CCCCCC3)=NC2=O)ccc1OC(C)C. The van der Waals surface area contributed by atoms with Crippen molar-refractivity contribution in [3.8, 4) is 22.7 Å². The van der Waals surface area contributed by atoms with E-state index in [9.17, 15) is 4.79 Å². The van der Waals surface area contributed by atoms with Gasteiger partial charge in [-0.15, -0.1) is 0 Å². The smallest absolute Gasteiger partial charge is 0.286 e. The molecule has 1 aromatic heterocycles. The van der Waals surface area contributed by atoms with E-state index in [0.29, 0.717) is 4.91 Å². The van der Waals surface area contributed by atoms with Crippen LogP contribution in [0.25, 0.3) is 23.0 Å². The van der Waals surface area contributed by atoms with Crippen LogP contribution in [0.3, 0.4) is 0 Å². The molecule has 3 aromatic rings. The fourth-order valence-electron chi connectivity index (χ4n) is 4.55. The molecule has 1 saturated heterocycles. The highest BCUT2D eigenvalue weighted by molar-refractivity contribution is 8.18. The first kappa shape index (κ1) is 24.4. The standard InChI is InChI=1S/C29H32N4O2S/c1-20(2)35-25-14-13-22(17-21(25)3)27-23(19-33(31-27)24-11-7-6-8-12-24)18-26-28(34)30-29(36-26)32-15-9-4-5-10-16-32/h6-8,11-14,17-20H,4-5,9-10,15-16H2,1-3H3. The van der Waals surface area contributed by atoms with Gasteiger partial charge in [-0.1, -0.05) is 31.0 Å². The summed E-state index contributed by atoms with van der Waals surface area (Å²) in [6.07, 6.45) is 8.82. The van der Waals surface area contributed by atoms with E-state index in [1.165, 1.54) is 24.6 Å². The fraction of sp³-hybridized carbons (Fsp3) is 0.345. The number of hydrogen-bond donors (Lipinski definition) is 0. The van der Waals surface area contributed by atoms with Gasteiger partial charge in [0.15, 0.2) is 5.17 Å². The summed E-state index contributed by atoms with van der Waals surface area (Å²) in [5.74, 6) is 0.697. The van der Waals surface area contributed by atoms with Crippen LogP contribution >= 0.6 is 11.8 Å². The molecule has 186 valence electrons. The number of amides is 1. The van der Waals surface area contributed by atoms with Crippen LogP contribution in [0, 0.1) is 6.92 Å². The van der Waals surface area contributed by atoms with E-state index in [1.54, 1.807) is 0 Å². The zero-order chi connectivity index (χ0) is 25.1. The summed E-state index contributed by atoms with van der Waals surface area (Å²) in [6, 6.07) is 16.2. The Labute approximate surface area is 217 Å².